The summed E-state index contributed by atoms with van der Waals surface area (Å²) in [4.78, 5) is 26.5. The van der Waals surface area contributed by atoms with Crippen molar-refractivity contribution in [3.63, 3.8) is 0 Å². The summed E-state index contributed by atoms with van der Waals surface area (Å²) >= 11 is 0. The van der Waals surface area contributed by atoms with E-state index in [1.54, 1.807) is 0 Å². The Hall–Kier alpha value is -1.90. The van der Waals surface area contributed by atoms with Gasteiger partial charge < -0.3 is 28.6 Å². The van der Waals surface area contributed by atoms with Crippen molar-refractivity contribution in [2.75, 3.05) is 52.7 Å². The van der Waals surface area contributed by atoms with Gasteiger partial charge in [0, 0.05) is 18.9 Å². The van der Waals surface area contributed by atoms with Gasteiger partial charge in [-0.2, -0.15) is 0 Å². The summed E-state index contributed by atoms with van der Waals surface area (Å²) in [6.45, 7) is 15.2. The zero-order valence-corrected chi connectivity index (χ0v) is 29.0. The van der Waals surface area contributed by atoms with Crippen LogP contribution in [-0.4, -0.2) is 76.0 Å². The van der Waals surface area contributed by atoms with E-state index < -0.39 is 12.4 Å². The fourth-order valence-corrected chi connectivity index (χ4v) is 4.37. The molecule has 258 valence electrons. The molecule has 0 radical (unpaired) electrons. The Kier molecular flexibility index (Phi) is 31.1. The number of nitrogens with zero attached hydrogens (tertiary/aromatic N) is 1. The highest BCUT2D eigenvalue weighted by molar-refractivity contribution is 5.69. The van der Waals surface area contributed by atoms with Crippen molar-refractivity contribution in [2.45, 2.75) is 137 Å². The maximum absolute atomic E-state index is 12.4. The normalized spacial score (nSPS) is 12.5. The highest BCUT2D eigenvalue weighted by Gasteiger charge is 2.15. The summed E-state index contributed by atoms with van der Waals surface area (Å²) in [7, 11) is 0. The molecule has 8 nitrogen and oxygen atoms in total. The molecule has 0 aromatic carbocycles. The van der Waals surface area contributed by atoms with Crippen LogP contribution in [0.4, 0.5) is 4.79 Å². The first-order valence-electron chi connectivity index (χ1n) is 17.7. The number of carbonyl (C=O) groups excluding carboxylic acids is 2. The van der Waals surface area contributed by atoms with Gasteiger partial charge in [-0.15, -0.1) is 0 Å². The van der Waals surface area contributed by atoms with Gasteiger partial charge >= 0.3 is 12.1 Å². The lowest BCUT2D eigenvalue weighted by Gasteiger charge is -2.19. The van der Waals surface area contributed by atoms with Gasteiger partial charge in [-0.3, -0.25) is 4.79 Å². The molecule has 0 aliphatic carbocycles. The standard InChI is InChI=1S/C36H67NO7/c1-6-10-12-14-16-18-20-22-28-40-35(41-29-23-21-19-17-15-13-11-7-2)26-25-34(38)43-31-33(5)32-44-36(39)42-30-24-27-37(8-3)9-4/h16-19,33,35H,6-15,20-32H2,1-5H3/b18-16-,19-17-. The fourth-order valence-electron chi connectivity index (χ4n) is 4.37. The van der Waals surface area contributed by atoms with Crippen molar-refractivity contribution in [1.29, 1.82) is 0 Å². The van der Waals surface area contributed by atoms with Gasteiger partial charge in [-0.1, -0.05) is 84.6 Å². The Morgan fingerprint density at radius 1 is 0.636 bits per heavy atom. The van der Waals surface area contributed by atoms with Gasteiger partial charge in [-0.25, -0.2) is 4.79 Å². The first kappa shape index (κ1) is 42.1. The minimum atomic E-state index is -0.682. The Morgan fingerprint density at radius 3 is 1.68 bits per heavy atom. The van der Waals surface area contributed by atoms with Crippen LogP contribution in [0.1, 0.15) is 131 Å². The third kappa shape index (κ3) is 28.8. The molecular formula is C36H67NO7. The second-order valence-electron chi connectivity index (χ2n) is 11.5. The Balaban J connectivity index is 4.32. The molecule has 8 heteroatoms. The van der Waals surface area contributed by atoms with Crippen molar-refractivity contribution < 1.29 is 33.3 Å². The van der Waals surface area contributed by atoms with Crippen LogP contribution >= 0.6 is 0 Å². The minimum Gasteiger partial charge on any atom is -0.465 e. The predicted molar refractivity (Wildman–Crippen MR) is 180 cm³/mol. The van der Waals surface area contributed by atoms with E-state index in [4.69, 9.17) is 23.7 Å². The molecule has 0 aliphatic heterocycles. The van der Waals surface area contributed by atoms with E-state index >= 15 is 0 Å². The molecule has 0 saturated heterocycles. The van der Waals surface area contributed by atoms with E-state index in [1.807, 2.05) is 6.92 Å². The molecule has 0 rings (SSSR count). The second kappa shape index (κ2) is 32.5. The maximum Gasteiger partial charge on any atom is 0.508 e. The molecule has 44 heavy (non-hydrogen) atoms. The van der Waals surface area contributed by atoms with Crippen molar-refractivity contribution in [1.82, 2.24) is 4.90 Å². The molecule has 1 unspecified atom stereocenters. The highest BCUT2D eigenvalue weighted by atomic mass is 16.7. The Bertz CT molecular complexity index is 681. The monoisotopic (exact) mass is 625 g/mol. The quantitative estimate of drug-likeness (QED) is 0.0327. The van der Waals surface area contributed by atoms with Crippen LogP contribution < -0.4 is 0 Å². The van der Waals surface area contributed by atoms with Crippen LogP contribution in [0.5, 0.6) is 0 Å². The molecular weight excluding hydrogens is 558 g/mol. The lowest BCUT2D eigenvalue weighted by molar-refractivity contribution is -0.160. The molecule has 0 aromatic rings. The number of rotatable bonds is 31. The average molecular weight is 626 g/mol. The van der Waals surface area contributed by atoms with Gasteiger partial charge in [0.2, 0.25) is 0 Å². The fraction of sp³-hybridized carbons (Fsp3) is 0.833. The summed E-state index contributed by atoms with van der Waals surface area (Å²) in [6, 6.07) is 0. The maximum atomic E-state index is 12.4. The number of carbonyl (C=O) groups is 2. The molecule has 1 atom stereocenters. The summed E-state index contributed by atoms with van der Waals surface area (Å²) in [5.74, 6) is -0.436. The lowest BCUT2D eigenvalue weighted by Crippen LogP contribution is -2.25. The zero-order chi connectivity index (χ0) is 32.5. The topological polar surface area (TPSA) is 83.5 Å². The van der Waals surface area contributed by atoms with Gasteiger partial charge in [0.15, 0.2) is 6.29 Å². The van der Waals surface area contributed by atoms with Gasteiger partial charge in [0.1, 0.15) is 6.61 Å². The summed E-state index contributed by atoms with van der Waals surface area (Å²) in [5.41, 5.74) is 0. The summed E-state index contributed by atoms with van der Waals surface area (Å²) < 4.78 is 27.8. The Labute approximate surface area is 270 Å². The highest BCUT2D eigenvalue weighted by Crippen LogP contribution is 2.11. The smallest absolute Gasteiger partial charge is 0.465 e. The molecule has 0 N–H and O–H groups in total. The number of hydrogen-bond donors (Lipinski definition) is 0. The van der Waals surface area contributed by atoms with Crippen LogP contribution in [0.25, 0.3) is 0 Å². The van der Waals surface area contributed by atoms with E-state index in [-0.39, 0.29) is 31.5 Å². The van der Waals surface area contributed by atoms with E-state index in [9.17, 15) is 9.59 Å². The molecule has 0 heterocycles. The predicted octanol–water partition coefficient (Wildman–Crippen LogP) is 9.02. The van der Waals surface area contributed by atoms with Gasteiger partial charge in [-0.05, 0) is 70.9 Å². The lowest BCUT2D eigenvalue weighted by atomic mass is 10.2. The molecule has 0 bridgehead atoms. The third-order valence-electron chi connectivity index (χ3n) is 7.25. The van der Waals surface area contributed by atoms with Crippen molar-refractivity contribution in [3.8, 4) is 0 Å². The van der Waals surface area contributed by atoms with Crippen molar-refractivity contribution >= 4 is 12.1 Å². The molecule has 0 amide bonds. The summed E-state index contributed by atoms with van der Waals surface area (Å²) in [5, 5.41) is 0. The van der Waals surface area contributed by atoms with Crippen LogP contribution in [0.15, 0.2) is 24.3 Å². The van der Waals surface area contributed by atoms with Crippen LogP contribution in [0.3, 0.4) is 0 Å². The molecule has 0 fully saturated rings. The van der Waals surface area contributed by atoms with Crippen LogP contribution in [-0.2, 0) is 28.5 Å². The number of unbranched alkanes of at least 4 members (excludes halogenated alkanes) is 8. The SMILES string of the molecule is CCCCC/C=C\CCCOC(CCC(=O)OCC(C)COC(=O)OCCCN(CC)CC)OCCC/C=C\CCCCC. The van der Waals surface area contributed by atoms with Gasteiger partial charge in [0.25, 0.3) is 0 Å². The minimum absolute atomic E-state index is 0.129. The third-order valence-corrected chi connectivity index (χ3v) is 7.25. The van der Waals surface area contributed by atoms with Crippen molar-refractivity contribution in [2.24, 2.45) is 5.92 Å². The van der Waals surface area contributed by atoms with E-state index in [0.29, 0.717) is 26.2 Å². The number of hydrogen-bond acceptors (Lipinski definition) is 8. The molecule has 0 saturated carbocycles. The average Bonchev–Trinajstić information content (AvgIpc) is 3.03. The van der Waals surface area contributed by atoms with Gasteiger partial charge in [0.05, 0.1) is 32.8 Å². The van der Waals surface area contributed by atoms with Crippen molar-refractivity contribution in [3.05, 3.63) is 24.3 Å². The molecule has 0 spiro atoms. The largest absolute Gasteiger partial charge is 0.508 e. The number of esters is 1. The number of allylic oxidation sites excluding steroid dienone is 4. The number of ether oxygens (including phenoxy) is 5. The van der Waals surface area contributed by atoms with E-state index in [1.165, 1.54) is 38.5 Å². The van der Waals surface area contributed by atoms with E-state index in [2.05, 4.69) is 56.9 Å². The Morgan fingerprint density at radius 2 is 1.16 bits per heavy atom. The summed E-state index contributed by atoms with van der Waals surface area (Å²) in [6.07, 6.45) is 22.9. The van der Waals surface area contributed by atoms with E-state index in [0.717, 1.165) is 64.6 Å². The zero-order valence-electron chi connectivity index (χ0n) is 29.0. The first-order chi connectivity index (χ1) is 21.5. The molecule has 0 aromatic heterocycles. The first-order valence-corrected chi connectivity index (χ1v) is 17.7. The van der Waals surface area contributed by atoms with Crippen LogP contribution in [0.2, 0.25) is 0 Å². The van der Waals surface area contributed by atoms with Crippen LogP contribution in [0, 0.1) is 5.92 Å². The molecule has 0 aliphatic rings. The second-order valence-corrected chi connectivity index (χ2v) is 11.5.